The summed E-state index contributed by atoms with van der Waals surface area (Å²) >= 11 is 0. The van der Waals surface area contributed by atoms with Crippen molar-refractivity contribution in [2.24, 2.45) is 0 Å². The molecule has 5 aliphatic rings. The Labute approximate surface area is 777 Å². The number of esters is 1. The second-order valence-corrected chi connectivity index (χ2v) is 32.6. The van der Waals surface area contributed by atoms with Gasteiger partial charge in [-0.2, -0.15) is 0 Å². The number of ether oxygens (including phenoxy) is 16. The van der Waals surface area contributed by atoms with Crippen molar-refractivity contribution >= 4 is 64.2 Å². The number of aliphatic hydroxyl groups is 4. The van der Waals surface area contributed by atoms with Crippen LogP contribution >= 0.6 is 0 Å². The average molecular weight is 1890 g/mol. The number of nitrogens with one attached hydrogen (secondary N) is 5. The Morgan fingerprint density at radius 2 is 1.23 bits per heavy atom. The normalized spacial score (nSPS) is 18.2. The molecule has 1 saturated heterocycles. The van der Waals surface area contributed by atoms with Gasteiger partial charge in [-0.05, 0) is 92.1 Å². The van der Waals surface area contributed by atoms with Gasteiger partial charge in [-0.25, -0.2) is 28.4 Å². The number of methoxy groups -OCH3 is 1. The third-order valence-corrected chi connectivity index (χ3v) is 23.2. The van der Waals surface area contributed by atoms with Crippen molar-refractivity contribution in [1.29, 1.82) is 0 Å². The van der Waals surface area contributed by atoms with Crippen LogP contribution in [0.3, 0.4) is 0 Å². The van der Waals surface area contributed by atoms with Crippen LogP contribution < -0.4 is 41.8 Å². The fourth-order valence-corrected chi connectivity index (χ4v) is 16.1. The van der Waals surface area contributed by atoms with E-state index in [4.69, 9.17) is 80.8 Å². The molecule has 0 bridgehead atoms. The summed E-state index contributed by atoms with van der Waals surface area (Å²) in [5, 5.41) is 77.0. The minimum atomic E-state index is -2.13. The van der Waals surface area contributed by atoms with Crippen LogP contribution in [0.25, 0.3) is 44.8 Å². The predicted octanol–water partition coefficient (Wildman–Crippen LogP) is 3.49. The second kappa shape index (κ2) is 51.2. The molecule has 7 aromatic rings. The lowest BCUT2D eigenvalue weighted by molar-refractivity contribution is -0.271. The van der Waals surface area contributed by atoms with Gasteiger partial charge < -0.3 is 137 Å². The molecule has 8 atom stereocenters. The Hall–Kier alpha value is -11.0. The molecule has 0 spiro atoms. The summed E-state index contributed by atoms with van der Waals surface area (Å²) in [6.45, 7) is 14.0. The monoisotopic (exact) mass is 1890 g/mol. The first-order valence-electron chi connectivity index (χ1n) is 45.2. The molecule has 10 N–H and O–H groups in total. The number of hydrogen-bond donors (Lipinski definition) is 10. The quantitative estimate of drug-likeness (QED) is 0.0193. The number of nitrogens with zero attached hydrogens (tertiary/aromatic N) is 6. The van der Waals surface area contributed by atoms with Crippen LogP contribution in [0.1, 0.15) is 121 Å². The number of fused-ring (bicyclic) bond motifs is 10. The van der Waals surface area contributed by atoms with Crippen molar-refractivity contribution in [2.45, 2.75) is 160 Å². The summed E-state index contributed by atoms with van der Waals surface area (Å²) in [6, 6.07) is 19.5. The summed E-state index contributed by atoms with van der Waals surface area (Å²) in [7, 11) is 1.62. The average Bonchev–Trinajstić information content (AvgIpc) is 1.56. The van der Waals surface area contributed by atoms with E-state index in [1.807, 2.05) is 54.9 Å². The number of alkyl carbamates (subject to hydrolysis) is 1. The Balaban J connectivity index is 0.612. The van der Waals surface area contributed by atoms with Crippen LogP contribution in [0.4, 0.5) is 14.9 Å². The van der Waals surface area contributed by atoms with Gasteiger partial charge in [0.25, 0.3) is 5.56 Å². The molecular weight excluding hydrogens is 1770 g/mol. The molecule has 1 aliphatic carbocycles. The van der Waals surface area contributed by atoms with Crippen molar-refractivity contribution in [3.05, 3.63) is 145 Å². The SMILES string of the molecule is CCC1(O)C(=O)OCc2c1cc1n(c2=O)Cc2c-1nc1cc(F)c(C)c3c1c2C(NC(=O)OCc1ccc(OC2OC(C(=O)O)C(O)C(O)C2O)c(CNC(=O)CCNC(=O)C(CNC(=O)CCOCCOCCOCCOCCOCCOCCOCCOCCOCCOCCOCCOC)NC(=O)CCC(=O)N2Cc4ccccc4-c4c(nnn4C(C)C)-c4ccccc42)c1)CC3. The molecule has 1 fully saturated rings. The first-order chi connectivity index (χ1) is 65.4. The highest BCUT2D eigenvalue weighted by molar-refractivity contribution is 6.02. The number of carboxylic acid groups (broad SMARTS) is 1. The number of carbonyl (C=O) groups is 8. The van der Waals surface area contributed by atoms with E-state index in [0.29, 0.717) is 170 Å². The van der Waals surface area contributed by atoms with Gasteiger partial charge in [-0.3, -0.25) is 28.8 Å². The van der Waals surface area contributed by atoms with E-state index in [2.05, 4.69) is 36.9 Å². The number of aliphatic hydroxyl groups excluding tert-OH is 3. The first kappa shape index (κ1) is 103. The highest BCUT2D eigenvalue weighted by atomic mass is 19.1. The number of anilines is 1. The number of halogens is 1. The minimum absolute atomic E-state index is 0.0388. The largest absolute Gasteiger partial charge is 0.479 e. The first-order valence-corrected chi connectivity index (χ1v) is 45.2. The smallest absolute Gasteiger partial charge is 0.407 e. The molecule has 3 aromatic heterocycles. The van der Waals surface area contributed by atoms with E-state index in [-0.39, 0.29) is 136 Å². The Morgan fingerprint density at radius 3 is 1.84 bits per heavy atom. The number of para-hydroxylation sites is 1. The zero-order valence-electron chi connectivity index (χ0n) is 76.3. The summed E-state index contributed by atoms with van der Waals surface area (Å²) in [5.41, 5.74) is 4.90. The lowest BCUT2D eigenvalue weighted by Crippen LogP contribution is -2.61. The van der Waals surface area contributed by atoms with Crippen molar-refractivity contribution in [1.82, 2.24) is 51.1 Å². The fraction of sp³-hybridized carbons (Fsp3) is 0.548. The summed E-state index contributed by atoms with van der Waals surface area (Å²) in [5.74, 6) is -6.50. The van der Waals surface area contributed by atoms with Gasteiger partial charge in [0.15, 0.2) is 11.7 Å². The van der Waals surface area contributed by atoms with Gasteiger partial charge in [0.05, 0.1) is 205 Å². The number of aromatic nitrogens is 5. The number of carbonyl (C=O) groups excluding carboxylic acids is 7. The number of hydrogen-bond acceptors (Lipinski definition) is 32. The zero-order chi connectivity index (χ0) is 95.9. The molecule has 0 radical (unpaired) electrons. The molecule has 8 unspecified atom stereocenters. The predicted molar refractivity (Wildman–Crippen MR) is 477 cm³/mol. The van der Waals surface area contributed by atoms with Crippen molar-refractivity contribution in [3.8, 4) is 39.7 Å². The number of pyridine rings is 2. The van der Waals surface area contributed by atoms with E-state index in [1.165, 1.54) is 34.9 Å². The molecule has 4 aromatic carbocycles. The maximum atomic E-state index is 15.8. The standard InChI is InChI=1S/C93H120FN11O30/c1-6-93(119)66-48-72-80-64(53-104(72)88(114)65(66)55-132-91(93)117)79-68(17-16-61-57(4)67(94)49-69(99-80)78(61)79)100-92(118)133-54-58-15-18-73(134-90-85(112)83(110)84(111)86(135-90)89(115)116)60(47-58)50-96-74(106)21-23-95-87(113)70(98-76(108)19-20-77(109)103-52-59-11-7-8-12-62(59)82-81(101-102-105(82)56(2)3)63-13-9-10-14-71(63)103)51-97-75(107)22-24-121-27-28-123-31-32-125-35-36-127-39-40-129-43-44-131-46-45-130-42-41-128-38-37-126-34-33-124-30-29-122-26-25-120-5/h7-15,18,47-49,56,68,70,83-86,90,110-112,119H,6,16-17,19-46,50-55H2,1-5H3,(H,95,113)(H,96,106)(H,97,107)(H,98,108)(H,100,118)(H,115,116). The van der Waals surface area contributed by atoms with E-state index < -0.39 is 140 Å². The molecule has 0 saturated carbocycles. The van der Waals surface area contributed by atoms with Crippen LogP contribution in [0.5, 0.6) is 5.75 Å². The van der Waals surface area contributed by atoms with Gasteiger partial charge in [0.1, 0.15) is 54.8 Å². The van der Waals surface area contributed by atoms with Gasteiger partial charge >= 0.3 is 18.0 Å². The zero-order valence-corrected chi connectivity index (χ0v) is 76.3. The van der Waals surface area contributed by atoms with Crippen LogP contribution in [0, 0.1) is 12.7 Å². The lowest BCUT2D eigenvalue weighted by Gasteiger charge is -2.38. The molecule has 734 valence electrons. The lowest BCUT2D eigenvalue weighted by atomic mass is 9.81. The molecule has 4 aliphatic heterocycles. The van der Waals surface area contributed by atoms with Crippen molar-refractivity contribution in [2.75, 3.05) is 177 Å². The van der Waals surface area contributed by atoms with E-state index in [0.717, 1.165) is 16.8 Å². The van der Waals surface area contributed by atoms with E-state index >= 15 is 4.39 Å². The van der Waals surface area contributed by atoms with E-state index in [9.17, 15) is 68.7 Å². The number of cyclic esters (lactones) is 1. The molecule has 6 amide bonds. The maximum absolute atomic E-state index is 15.8. The number of carboxylic acids is 1. The van der Waals surface area contributed by atoms with Crippen LogP contribution in [0.2, 0.25) is 0 Å². The molecule has 135 heavy (non-hydrogen) atoms. The molecule has 7 heterocycles. The van der Waals surface area contributed by atoms with Crippen molar-refractivity contribution < 1.29 is 144 Å². The minimum Gasteiger partial charge on any atom is -0.479 e. The Bertz CT molecular complexity index is 5270. The van der Waals surface area contributed by atoms with Gasteiger partial charge in [0, 0.05) is 97.7 Å². The van der Waals surface area contributed by atoms with Crippen molar-refractivity contribution in [3.63, 3.8) is 0 Å². The molecule has 42 heteroatoms. The topological polar surface area (TPSA) is 514 Å². The van der Waals surface area contributed by atoms with Gasteiger partial charge in [-0.15, -0.1) is 5.10 Å². The summed E-state index contributed by atoms with van der Waals surface area (Å²) in [6.07, 6.45) is -11.9. The van der Waals surface area contributed by atoms with Gasteiger partial charge in [0.2, 0.25) is 35.8 Å². The number of rotatable bonds is 56. The highest BCUT2D eigenvalue weighted by Gasteiger charge is 2.49. The number of aliphatic carboxylic acids is 1. The van der Waals surface area contributed by atoms with Crippen LogP contribution in [0.15, 0.2) is 83.7 Å². The van der Waals surface area contributed by atoms with E-state index in [1.54, 1.807) is 38.0 Å². The third kappa shape index (κ3) is 27.3. The highest BCUT2D eigenvalue weighted by Crippen LogP contribution is 2.47. The summed E-state index contributed by atoms with van der Waals surface area (Å²) in [4.78, 5) is 130. The second-order valence-electron chi connectivity index (χ2n) is 32.6. The number of benzene rings is 4. The van der Waals surface area contributed by atoms with Gasteiger partial charge in [-0.1, -0.05) is 60.7 Å². The number of amides is 6. The Morgan fingerprint density at radius 1 is 0.637 bits per heavy atom. The Kier molecular flexibility index (Phi) is 39.1. The maximum Gasteiger partial charge on any atom is 0.407 e. The third-order valence-electron chi connectivity index (χ3n) is 23.2. The fourth-order valence-electron chi connectivity index (χ4n) is 16.1. The van der Waals surface area contributed by atoms with Crippen LogP contribution in [-0.2, 0) is 149 Å². The molecule has 12 rings (SSSR count). The summed E-state index contributed by atoms with van der Waals surface area (Å²) < 4.78 is 107. The molecule has 41 nitrogen and oxygen atoms in total. The number of aryl methyl sites for hydroxylation is 1. The van der Waals surface area contributed by atoms with Crippen LogP contribution in [-0.4, -0.2) is 307 Å². The molecular formula is C93H120FN11O30.